The van der Waals surface area contributed by atoms with Gasteiger partial charge in [0, 0.05) is 3.58 Å². The standard InChI is InChI=1S/C18H23IO3/c1-3-4-8-11-18(17(20)21-2)13-22-12-15(18)16(19)14-9-6-5-7-10-14/h5-7,9-10H,3-4,8,11-13H2,1-2H3/b16-15-/t18-/m0/s1. The molecule has 1 aliphatic rings. The number of rotatable bonds is 6. The molecule has 4 heteroatoms. The first-order valence-electron chi connectivity index (χ1n) is 7.76. The van der Waals surface area contributed by atoms with Gasteiger partial charge in [0.25, 0.3) is 0 Å². The van der Waals surface area contributed by atoms with Crippen molar-refractivity contribution >= 4 is 32.1 Å². The van der Waals surface area contributed by atoms with Crippen LogP contribution < -0.4 is 0 Å². The largest absolute Gasteiger partial charge is 0.468 e. The fourth-order valence-corrected chi connectivity index (χ4v) is 4.00. The molecule has 0 amide bonds. The Morgan fingerprint density at radius 2 is 2.05 bits per heavy atom. The second kappa shape index (κ2) is 8.11. The second-order valence-electron chi connectivity index (χ2n) is 5.68. The van der Waals surface area contributed by atoms with Crippen LogP contribution in [-0.4, -0.2) is 26.3 Å². The van der Waals surface area contributed by atoms with Gasteiger partial charge in [-0.15, -0.1) is 0 Å². The zero-order chi connectivity index (χ0) is 16.0. The molecular formula is C18H23IO3. The molecule has 1 aromatic rings. The summed E-state index contributed by atoms with van der Waals surface area (Å²) >= 11 is 2.34. The maximum atomic E-state index is 12.5. The lowest BCUT2D eigenvalue weighted by atomic mass is 9.77. The Morgan fingerprint density at radius 1 is 1.32 bits per heavy atom. The van der Waals surface area contributed by atoms with Crippen molar-refractivity contribution in [1.29, 1.82) is 0 Å². The fourth-order valence-electron chi connectivity index (χ4n) is 2.96. The van der Waals surface area contributed by atoms with E-state index in [-0.39, 0.29) is 5.97 Å². The Morgan fingerprint density at radius 3 is 2.68 bits per heavy atom. The van der Waals surface area contributed by atoms with Crippen LogP contribution in [0.15, 0.2) is 35.9 Å². The highest BCUT2D eigenvalue weighted by molar-refractivity contribution is 14.1. The minimum atomic E-state index is -0.615. The molecule has 0 bridgehead atoms. The molecule has 0 unspecified atom stereocenters. The number of carbonyl (C=O) groups is 1. The third kappa shape index (κ3) is 3.54. The average Bonchev–Trinajstić information content (AvgIpc) is 2.99. The first-order chi connectivity index (χ1) is 10.7. The Hall–Kier alpha value is -0.880. The van der Waals surface area contributed by atoms with Crippen LogP contribution >= 0.6 is 22.6 Å². The Labute approximate surface area is 146 Å². The highest BCUT2D eigenvalue weighted by atomic mass is 127. The molecule has 3 nitrogen and oxygen atoms in total. The van der Waals surface area contributed by atoms with Crippen molar-refractivity contribution in [2.45, 2.75) is 32.6 Å². The zero-order valence-corrected chi connectivity index (χ0v) is 15.4. The topological polar surface area (TPSA) is 35.5 Å². The monoisotopic (exact) mass is 414 g/mol. The van der Waals surface area contributed by atoms with E-state index < -0.39 is 5.41 Å². The number of ether oxygens (including phenoxy) is 2. The van der Waals surface area contributed by atoms with E-state index in [4.69, 9.17) is 9.47 Å². The molecule has 2 rings (SSSR count). The van der Waals surface area contributed by atoms with Crippen molar-refractivity contribution in [3.8, 4) is 0 Å². The molecule has 0 radical (unpaired) electrons. The first-order valence-corrected chi connectivity index (χ1v) is 8.84. The molecule has 22 heavy (non-hydrogen) atoms. The molecule has 0 N–H and O–H groups in total. The second-order valence-corrected chi connectivity index (χ2v) is 6.76. The van der Waals surface area contributed by atoms with Gasteiger partial charge in [-0.1, -0.05) is 56.5 Å². The Bertz CT molecular complexity index is 539. The number of benzene rings is 1. The summed E-state index contributed by atoms with van der Waals surface area (Å²) in [4.78, 5) is 12.5. The van der Waals surface area contributed by atoms with E-state index >= 15 is 0 Å². The van der Waals surface area contributed by atoms with E-state index in [1.807, 2.05) is 18.2 Å². The van der Waals surface area contributed by atoms with Crippen LogP contribution in [0, 0.1) is 5.41 Å². The highest BCUT2D eigenvalue weighted by Gasteiger charge is 2.48. The third-order valence-electron chi connectivity index (χ3n) is 4.25. The summed E-state index contributed by atoms with van der Waals surface area (Å²) in [5.74, 6) is -0.166. The van der Waals surface area contributed by atoms with Crippen molar-refractivity contribution in [1.82, 2.24) is 0 Å². The van der Waals surface area contributed by atoms with E-state index in [2.05, 4.69) is 41.6 Å². The summed E-state index contributed by atoms with van der Waals surface area (Å²) in [5.41, 5.74) is 1.59. The zero-order valence-electron chi connectivity index (χ0n) is 13.2. The summed E-state index contributed by atoms with van der Waals surface area (Å²) in [7, 11) is 1.47. The molecule has 1 aromatic carbocycles. The van der Waals surface area contributed by atoms with Crippen molar-refractivity contribution in [3.63, 3.8) is 0 Å². The fraction of sp³-hybridized carbons (Fsp3) is 0.500. The maximum Gasteiger partial charge on any atom is 0.318 e. The third-order valence-corrected chi connectivity index (χ3v) is 5.52. The summed E-state index contributed by atoms with van der Waals surface area (Å²) in [6.45, 7) is 3.10. The normalized spacial score (nSPS) is 23.4. The molecule has 0 aliphatic carbocycles. The molecule has 0 spiro atoms. The number of unbranched alkanes of at least 4 members (excludes halogenated alkanes) is 2. The van der Waals surface area contributed by atoms with Crippen molar-refractivity contribution in [2.24, 2.45) is 5.41 Å². The molecule has 1 aliphatic heterocycles. The predicted octanol–water partition coefficient (Wildman–Crippen LogP) is 4.60. The predicted molar refractivity (Wildman–Crippen MR) is 96.8 cm³/mol. The van der Waals surface area contributed by atoms with Gasteiger partial charge in [0.15, 0.2) is 0 Å². The van der Waals surface area contributed by atoms with Gasteiger partial charge < -0.3 is 9.47 Å². The Kier molecular flexibility index (Phi) is 6.44. The lowest BCUT2D eigenvalue weighted by Gasteiger charge is -2.27. The van der Waals surface area contributed by atoms with E-state index in [0.717, 1.165) is 40.4 Å². The molecule has 1 heterocycles. The number of halogens is 1. The van der Waals surface area contributed by atoms with Crippen LogP contribution in [-0.2, 0) is 14.3 Å². The number of hydrogen-bond acceptors (Lipinski definition) is 3. The minimum Gasteiger partial charge on any atom is -0.468 e. The molecular weight excluding hydrogens is 391 g/mol. The summed E-state index contributed by atoms with van der Waals surface area (Å²) in [6, 6.07) is 10.2. The molecule has 0 aromatic heterocycles. The van der Waals surface area contributed by atoms with E-state index in [9.17, 15) is 4.79 Å². The molecule has 1 saturated heterocycles. The van der Waals surface area contributed by atoms with Crippen molar-refractivity contribution < 1.29 is 14.3 Å². The average molecular weight is 414 g/mol. The van der Waals surface area contributed by atoms with Gasteiger partial charge in [-0.05, 0) is 40.1 Å². The molecule has 1 atom stereocenters. The lowest BCUT2D eigenvalue weighted by Crippen LogP contribution is -2.35. The van der Waals surface area contributed by atoms with Crippen LogP contribution in [0.5, 0.6) is 0 Å². The smallest absolute Gasteiger partial charge is 0.318 e. The van der Waals surface area contributed by atoms with Crippen LogP contribution in [0.1, 0.15) is 38.2 Å². The summed E-state index contributed by atoms with van der Waals surface area (Å²) < 4.78 is 11.9. The van der Waals surface area contributed by atoms with Crippen molar-refractivity contribution in [3.05, 3.63) is 41.5 Å². The molecule has 120 valence electrons. The summed E-state index contributed by atoms with van der Waals surface area (Å²) in [6.07, 6.45) is 4.06. The van der Waals surface area contributed by atoms with Gasteiger partial charge in [0.2, 0.25) is 0 Å². The minimum absolute atomic E-state index is 0.166. The number of hydrogen-bond donors (Lipinski definition) is 0. The molecule has 0 saturated carbocycles. The lowest BCUT2D eigenvalue weighted by molar-refractivity contribution is -0.151. The van der Waals surface area contributed by atoms with Gasteiger partial charge in [-0.3, -0.25) is 4.79 Å². The molecule has 1 fully saturated rings. The SMILES string of the molecule is CCCCC[C@]1(C(=O)OC)COC/C1=C(/I)c1ccccc1. The van der Waals surface area contributed by atoms with Gasteiger partial charge in [-0.25, -0.2) is 0 Å². The van der Waals surface area contributed by atoms with Crippen LogP contribution in [0.2, 0.25) is 0 Å². The van der Waals surface area contributed by atoms with Crippen molar-refractivity contribution in [2.75, 3.05) is 20.3 Å². The van der Waals surface area contributed by atoms with Gasteiger partial charge >= 0.3 is 5.97 Å². The van der Waals surface area contributed by atoms with E-state index in [1.165, 1.54) is 7.11 Å². The Balaban J connectivity index is 2.40. The highest BCUT2D eigenvalue weighted by Crippen LogP contribution is 2.45. The summed E-state index contributed by atoms with van der Waals surface area (Å²) in [5, 5.41) is 0. The number of methoxy groups -OCH3 is 1. The van der Waals surface area contributed by atoms with E-state index in [1.54, 1.807) is 0 Å². The van der Waals surface area contributed by atoms with Gasteiger partial charge in [0.1, 0.15) is 5.41 Å². The number of carbonyl (C=O) groups excluding carboxylic acids is 1. The van der Waals surface area contributed by atoms with Crippen LogP contribution in [0.4, 0.5) is 0 Å². The number of esters is 1. The van der Waals surface area contributed by atoms with Crippen LogP contribution in [0.25, 0.3) is 3.58 Å². The quantitative estimate of drug-likeness (QED) is 0.388. The maximum absolute atomic E-state index is 12.5. The first kappa shape index (κ1) is 17.5. The van der Waals surface area contributed by atoms with Gasteiger partial charge in [-0.2, -0.15) is 0 Å². The van der Waals surface area contributed by atoms with Crippen LogP contribution in [0.3, 0.4) is 0 Å². The van der Waals surface area contributed by atoms with E-state index in [0.29, 0.717) is 13.2 Å². The van der Waals surface area contributed by atoms with Gasteiger partial charge in [0.05, 0.1) is 20.3 Å².